The van der Waals surface area contributed by atoms with Crippen LogP contribution in [0.3, 0.4) is 0 Å². The molecule has 0 N–H and O–H groups in total. The molecule has 6 nitrogen and oxygen atoms in total. The first-order chi connectivity index (χ1) is 14.1. The van der Waals surface area contributed by atoms with Crippen molar-refractivity contribution in [3.05, 3.63) is 23.3 Å². The molecule has 0 bridgehead atoms. The van der Waals surface area contributed by atoms with Crippen LogP contribution in [-0.4, -0.2) is 42.6 Å². The molecule has 0 aromatic carbocycles. The van der Waals surface area contributed by atoms with Crippen LogP contribution in [0.15, 0.2) is 23.3 Å². The third-order valence-electron chi connectivity index (χ3n) is 5.65. The zero-order valence-electron chi connectivity index (χ0n) is 19.4. The van der Waals surface area contributed by atoms with Gasteiger partial charge in [0.15, 0.2) is 0 Å². The Bertz CT molecular complexity index is 646. The minimum atomic E-state index is -0.624. The first-order valence-corrected chi connectivity index (χ1v) is 10.8. The van der Waals surface area contributed by atoms with Gasteiger partial charge in [0.25, 0.3) is 0 Å². The van der Waals surface area contributed by atoms with Gasteiger partial charge in [-0.3, -0.25) is 14.4 Å². The van der Waals surface area contributed by atoms with Gasteiger partial charge < -0.3 is 14.2 Å². The minimum absolute atomic E-state index is 0.161. The van der Waals surface area contributed by atoms with Crippen molar-refractivity contribution in [2.24, 2.45) is 5.92 Å². The van der Waals surface area contributed by atoms with Crippen molar-refractivity contribution < 1.29 is 28.6 Å². The lowest BCUT2D eigenvalue weighted by Gasteiger charge is -2.35. The minimum Gasteiger partial charge on any atom is -0.462 e. The molecule has 1 aliphatic rings. The summed E-state index contributed by atoms with van der Waals surface area (Å²) in [5.74, 6) is -0.406. The Morgan fingerprint density at radius 2 is 1.93 bits per heavy atom. The van der Waals surface area contributed by atoms with Gasteiger partial charge in [0.05, 0.1) is 6.61 Å². The molecule has 0 aromatic rings. The lowest BCUT2D eigenvalue weighted by atomic mass is 9.86. The van der Waals surface area contributed by atoms with Crippen LogP contribution in [0.2, 0.25) is 0 Å². The highest BCUT2D eigenvalue weighted by molar-refractivity contribution is 5.67. The highest BCUT2D eigenvalue weighted by atomic mass is 16.6. The quantitative estimate of drug-likeness (QED) is 0.220. The van der Waals surface area contributed by atoms with Gasteiger partial charge >= 0.3 is 11.9 Å². The molecule has 1 fully saturated rings. The predicted octanol–water partition coefficient (Wildman–Crippen LogP) is 4.71. The van der Waals surface area contributed by atoms with Crippen molar-refractivity contribution in [2.45, 2.75) is 97.9 Å². The van der Waals surface area contributed by atoms with Gasteiger partial charge in [-0.25, -0.2) is 0 Å². The van der Waals surface area contributed by atoms with Gasteiger partial charge in [0.2, 0.25) is 0 Å². The Balaban J connectivity index is 2.79. The monoisotopic (exact) mass is 422 g/mol. The topological polar surface area (TPSA) is 78.9 Å². The molecule has 0 radical (unpaired) electrons. The first-order valence-electron chi connectivity index (χ1n) is 10.8. The Morgan fingerprint density at radius 1 is 1.23 bits per heavy atom. The van der Waals surface area contributed by atoms with E-state index in [-0.39, 0.29) is 30.1 Å². The van der Waals surface area contributed by atoms with Crippen LogP contribution in [0.4, 0.5) is 0 Å². The number of hydrogen-bond donors (Lipinski definition) is 0. The Labute approximate surface area is 181 Å². The predicted molar refractivity (Wildman–Crippen MR) is 116 cm³/mol. The van der Waals surface area contributed by atoms with E-state index in [2.05, 4.69) is 13.0 Å². The molecule has 0 aromatic heterocycles. The number of esters is 2. The molecule has 0 spiro atoms. The summed E-state index contributed by atoms with van der Waals surface area (Å²) in [5.41, 5.74) is 1.48. The standard InChI is InChI=1S/C24H38O6/c1-17(2)9-11-22(29-19(4)26)18(3)8-7-14-24(6)23(30-20(5)27)12-10-21(13-15-25)16-28-24/h9,13,15,18,22-23H,7-8,10-12,14,16H2,1-6H3/b21-13+/t18?,22?,23-,24+/m1/s1. The maximum atomic E-state index is 11.6. The van der Waals surface area contributed by atoms with Crippen molar-refractivity contribution in [3.8, 4) is 0 Å². The van der Waals surface area contributed by atoms with Crippen LogP contribution < -0.4 is 0 Å². The normalized spacial score (nSPS) is 25.0. The number of carbonyl (C=O) groups is 3. The van der Waals surface area contributed by atoms with Crippen LogP contribution in [0.5, 0.6) is 0 Å². The van der Waals surface area contributed by atoms with Gasteiger partial charge in [0, 0.05) is 20.3 Å². The van der Waals surface area contributed by atoms with Gasteiger partial charge in [-0.2, -0.15) is 0 Å². The third kappa shape index (κ3) is 9.24. The van der Waals surface area contributed by atoms with Crippen LogP contribution in [0.25, 0.3) is 0 Å². The molecular formula is C24H38O6. The molecule has 1 aliphatic heterocycles. The maximum Gasteiger partial charge on any atom is 0.303 e. The van der Waals surface area contributed by atoms with E-state index in [4.69, 9.17) is 14.2 Å². The summed E-state index contributed by atoms with van der Waals surface area (Å²) in [6, 6.07) is 0. The Hall–Kier alpha value is -1.95. The lowest BCUT2D eigenvalue weighted by Crippen LogP contribution is -2.43. The van der Waals surface area contributed by atoms with E-state index in [0.717, 1.165) is 24.7 Å². The SMILES string of the molecule is CC(=O)OC(CC=C(C)C)C(C)CCC[C@]1(C)OC/C(=C/C=O)CC[C@H]1OC(C)=O. The summed E-state index contributed by atoms with van der Waals surface area (Å²) in [6.07, 6.45) is 8.28. The zero-order valence-corrected chi connectivity index (χ0v) is 19.4. The number of rotatable bonds is 10. The molecule has 30 heavy (non-hydrogen) atoms. The molecule has 1 rings (SSSR count). The van der Waals surface area contributed by atoms with Crippen LogP contribution in [0.1, 0.15) is 80.1 Å². The Morgan fingerprint density at radius 3 is 2.50 bits per heavy atom. The fourth-order valence-electron chi connectivity index (χ4n) is 3.81. The first kappa shape index (κ1) is 26.1. The molecule has 2 unspecified atom stereocenters. The van der Waals surface area contributed by atoms with Crippen molar-refractivity contribution in [2.75, 3.05) is 6.61 Å². The van der Waals surface area contributed by atoms with Crippen LogP contribution in [0, 0.1) is 5.92 Å². The fraction of sp³-hybridized carbons (Fsp3) is 0.708. The highest BCUT2D eigenvalue weighted by Gasteiger charge is 2.39. The van der Waals surface area contributed by atoms with E-state index < -0.39 is 5.60 Å². The summed E-state index contributed by atoms with van der Waals surface area (Å²) in [6.45, 7) is 11.3. The van der Waals surface area contributed by atoms with Gasteiger partial charge in [-0.15, -0.1) is 0 Å². The largest absolute Gasteiger partial charge is 0.462 e. The van der Waals surface area contributed by atoms with Crippen molar-refractivity contribution >= 4 is 18.2 Å². The molecule has 0 aliphatic carbocycles. The maximum absolute atomic E-state index is 11.6. The Kier molecular flexibility index (Phi) is 11.0. The second-order valence-electron chi connectivity index (χ2n) is 8.73. The average Bonchev–Trinajstić information content (AvgIpc) is 2.78. The lowest BCUT2D eigenvalue weighted by molar-refractivity contribution is -0.167. The van der Waals surface area contributed by atoms with Crippen molar-refractivity contribution in [1.29, 1.82) is 0 Å². The number of aldehydes is 1. The third-order valence-corrected chi connectivity index (χ3v) is 5.65. The molecule has 0 amide bonds. The van der Waals surface area contributed by atoms with Gasteiger partial charge in [-0.05, 0) is 64.0 Å². The summed E-state index contributed by atoms with van der Waals surface area (Å²) in [7, 11) is 0. The van der Waals surface area contributed by atoms with E-state index in [0.29, 0.717) is 32.3 Å². The van der Waals surface area contributed by atoms with Crippen LogP contribution >= 0.6 is 0 Å². The highest BCUT2D eigenvalue weighted by Crippen LogP contribution is 2.34. The summed E-state index contributed by atoms with van der Waals surface area (Å²) in [5, 5.41) is 0. The fourth-order valence-corrected chi connectivity index (χ4v) is 3.81. The molecular weight excluding hydrogens is 384 g/mol. The second kappa shape index (κ2) is 12.7. The van der Waals surface area contributed by atoms with E-state index in [1.165, 1.54) is 25.5 Å². The molecule has 1 heterocycles. The number of allylic oxidation sites excluding steroid dienone is 2. The number of hydrogen-bond acceptors (Lipinski definition) is 6. The summed E-state index contributed by atoms with van der Waals surface area (Å²) < 4.78 is 17.3. The molecule has 0 saturated carbocycles. The second-order valence-corrected chi connectivity index (χ2v) is 8.73. The molecule has 4 atom stereocenters. The summed E-state index contributed by atoms with van der Waals surface area (Å²) in [4.78, 5) is 34.0. The zero-order chi connectivity index (χ0) is 22.7. The van der Waals surface area contributed by atoms with Crippen molar-refractivity contribution in [3.63, 3.8) is 0 Å². The van der Waals surface area contributed by atoms with Gasteiger partial charge in [-0.1, -0.05) is 25.0 Å². The van der Waals surface area contributed by atoms with Gasteiger partial charge in [0.1, 0.15) is 24.1 Å². The smallest absolute Gasteiger partial charge is 0.303 e. The molecule has 170 valence electrons. The van der Waals surface area contributed by atoms with Crippen LogP contribution in [-0.2, 0) is 28.6 Å². The number of ether oxygens (including phenoxy) is 3. The summed E-state index contributed by atoms with van der Waals surface area (Å²) >= 11 is 0. The number of carbonyl (C=O) groups excluding carboxylic acids is 3. The molecule has 1 saturated heterocycles. The van der Waals surface area contributed by atoms with E-state index in [9.17, 15) is 14.4 Å². The van der Waals surface area contributed by atoms with E-state index in [1.807, 2.05) is 20.8 Å². The molecule has 6 heteroatoms. The van der Waals surface area contributed by atoms with E-state index in [1.54, 1.807) is 0 Å². The van der Waals surface area contributed by atoms with E-state index >= 15 is 0 Å². The van der Waals surface area contributed by atoms with Crippen molar-refractivity contribution in [1.82, 2.24) is 0 Å². The average molecular weight is 423 g/mol.